The highest BCUT2D eigenvalue weighted by Crippen LogP contribution is 2.16. The third kappa shape index (κ3) is 3.07. The molecule has 2 rings (SSSR count). The molecule has 4 nitrogen and oxygen atoms in total. The molecule has 17 heavy (non-hydrogen) atoms. The van der Waals surface area contributed by atoms with Gasteiger partial charge in [-0.25, -0.2) is 0 Å². The van der Waals surface area contributed by atoms with E-state index in [9.17, 15) is 4.79 Å². The lowest BCUT2D eigenvalue weighted by Crippen LogP contribution is -2.29. The Morgan fingerprint density at radius 3 is 3.00 bits per heavy atom. The SMILES string of the molecule is CC(=O)NCCNCc1cccc2[nH]ccc12. The van der Waals surface area contributed by atoms with E-state index in [-0.39, 0.29) is 5.91 Å². The Labute approximate surface area is 100 Å². The van der Waals surface area contributed by atoms with E-state index in [4.69, 9.17) is 0 Å². The Bertz CT molecular complexity index is 504. The van der Waals surface area contributed by atoms with Gasteiger partial charge in [-0.15, -0.1) is 0 Å². The summed E-state index contributed by atoms with van der Waals surface area (Å²) in [6.45, 7) is 3.79. The fourth-order valence-electron chi connectivity index (χ4n) is 1.85. The summed E-state index contributed by atoms with van der Waals surface area (Å²) in [5, 5.41) is 7.32. The number of amides is 1. The third-order valence-corrected chi connectivity index (χ3v) is 2.68. The number of hydrogen-bond acceptors (Lipinski definition) is 2. The van der Waals surface area contributed by atoms with Gasteiger partial charge in [-0.3, -0.25) is 4.79 Å². The predicted molar refractivity (Wildman–Crippen MR) is 68.7 cm³/mol. The van der Waals surface area contributed by atoms with Crippen LogP contribution in [-0.4, -0.2) is 24.0 Å². The highest BCUT2D eigenvalue weighted by atomic mass is 16.1. The first kappa shape index (κ1) is 11.7. The van der Waals surface area contributed by atoms with Gasteiger partial charge in [0.1, 0.15) is 0 Å². The van der Waals surface area contributed by atoms with Crippen LogP contribution >= 0.6 is 0 Å². The maximum atomic E-state index is 10.7. The number of fused-ring (bicyclic) bond motifs is 1. The molecule has 4 heteroatoms. The maximum Gasteiger partial charge on any atom is 0.216 e. The van der Waals surface area contributed by atoms with Crippen molar-refractivity contribution in [1.29, 1.82) is 0 Å². The van der Waals surface area contributed by atoms with E-state index in [0.717, 1.165) is 18.6 Å². The Morgan fingerprint density at radius 2 is 2.18 bits per heavy atom. The van der Waals surface area contributed by atoms with Gasteiger partial charge >= 0.3 is 0 Å². The van der Waals surface area contributed by atoms with E-state index in [1.165, 1.54) is 17.9 Å². The highest BCUT2D eigenvalue weighted by molar-refractivity contribution is 5.82. The van der Waals surface area contributed by atoms with Crippen LogP contribution in [0.3, 0.4) is 0 Å². The topological polar surface area (TPSA) is 56.9 Å². The Morgan fingerprint density at radius 1 is 1.29 bits per heavy atom. The average molecular weight is 231 g/mol. The molecule has 3 N–H and O–H groups in total. The highest BCUT2D eigenvalue weighted by Gasteiger charge is 2.00. The number of aromatic nitrogens is 1. The van der Waals surface area contributed by atoms with Crippen LogP contribution in [0.15, 0.2) is 30.5 Å². The summed E-state index contributed by atoms with van der Waals surface area (Å²) in [6.07, 6.45) is 1.95. The molecule has 0 unspecified atom stereocenters. The van der Waals surface area contributed by atoms with Crippen molar-refractivity contribution in [3.8, 4) is 0 Å². The summed E-state index contributed by atoms with van der Waals surface area (Å²) < 4.78 is 0. The zero-order valence-electron chi connectivity index (χ0n) is 9.92. The van der Waals surface area contributed by atoms with Gasteiger partial charge in [0.15, 0.2) is 0 Å². The number of hydrogen-bond donors (Lipinski definition) is 3. The summed E-state index contributed by atoms with van der Waals surface area (Å²) in [5.41, 5.74) is 2.43. The molecule has 1 heterocycles. The van der Waals surface area contributed by atoms with Crippen molar-refractivity contribution in [3.63, 3.8) is 0 Å². The van der Waals surface area contributed by atoms with Crippen molar-refractivity contribution < 1.29 is 4.79 Å². The molecule has 0 saturated carbocycles. The number of carbonyl (C=O) groups excluding carboxylic acids is 1. The van der Waals surface area contributed by atoms with Gasteiger partial charge in [0.05, 0.1) is 0 Å². The van der Waals surface area contributed by atoms with Crippen molar-refractivity contribution in [2.75, 3.05) is 13.1 Å². The Balaban J connectivity index is 1.86. The van der Waals surface area contributed by atoms with Crippen molar-refractivity contribution in [1.82, 2.24) is 15.6 Å². The van der Waals surface area contributed by atoms with Crippen LogP contribution in [0.4, 0.5) is 0 Å². The minimum absolute atomic E-state index is 0.0135. The number of carbonyl (C=O) groups is 1. The van der Waals surface area contributed by atoms with Crippen LogP contribution in [-0.2, 0) is 11.3 Å². The molecule has 0 aliphatic carbocycles. The van der Waals surface area contributed by atoms with E-state index in [1.54, 1.807) is 0 Å². The Kier molecular flexibility index (Phi) is 3.77. The minimum atomic E-state index is 0.0135. The van der Waals surface area contributed by atoms with Gasteiger partial charge in [-0.2, -0.15) is 0 Å². The first-order chi connectivity index (χ1) is 8.27. The predicted octanol–water partition coefficient (Wildman–Crippen LogP) is 1.39. The largest absolute Gasteiger partial charge is 0.361 e. The summed E-state index contributed by atoms with van der Waals surface area (Å²) in [5.74, 6) is 0.0135. The van der Waals surface area contributed by atoms with E-state index < -0.39 is 0 Å². The van der Waals surface area contributed by atoms with Gasteiger partial charge in [-0.05, 0) is 17.7 Å². The molecule has 0 spiro atoms. The fourth-order valence-corrected chi connectivity index (χ4v) is 1.85. The van der Waals surface area contributed by atoms with Crippen LogP contribution in [0.25, 0.3) is 10.9 Å². The van der Waals surface area contributed by atoms with E-state index in [2.05, 4.69) is 33.8 Å². The van der Waals surface area contributed by atoms with E-state index >= 15 is 0 Å². The molecule has 0 radical (unpaired) electrons. The second-order valence-electron chi connectivity index (χ2n) is 4.02. The maximum absolute atomic E-state index is 10.7. The van der Waals surface area contributed by atoms with Gasteiger partial charge < -0.3 is 15.6 Å². The summed E-state index contributed by atoms with van der Waals surface area (Å²) in [4.78, 5) is 13.9. The monoisotopic (exact) mass is 231 g/mol. The first-order valence-corrected chi connectivity index (χ1v) is 5.77. The van der Waals surface area contributed by atoms with Gasteiger partial charge in [-0.1, -0.05) is 12.1 Å². The normalized spacial score (nSPS) is 10.6. The van der Waals surface area contributed by atoms with Crippen molar-refractivity contribution in [2.24, 2.45) is 0 Å². The average Bonchev–Trinajstić information content (AvgIpc) is 2.77. The molecule has 1 aromatic heterocycles. The van der Waals surface area contributed by atoms with Crippen LogP contribution < -0.4 is 10.6 Å². The molecular weight excluding hydrogens is 214 g/mol. The molecule has 0 bridgehead atoms. The zero-order valence-corrected chi connectivity index (χ0v) is 9.92. The lowest BCUT2D eigenvalue weighted by Gasteiger charge is -2.06. The third-order valence-electron chi connectivity index (χ3n) is 2.68. The molecule has 2 aromatic rings. The summed E-state index contributed by atoms with van der Waals surface area (Å²) in [7, 11) is 0. The molecule has 90 valence electrons. The van der Waals surface area contributed by atoms with Crippen molar-refractivity contribution in [2.45, 2.75) is 13.5 Å². The number of aromatic amines is 1. The van der Waals surface area contributed by atoms with Crippen LogP contribution in [0, 0.1) is 0 Å². The quantitative estimate of drug-likeness (QED) is 0.681. The second-order valence-corrected chi connectivity index (χ2v) is 4.02. The fraction of sp³-hybridized carbons (Fsp3) is 0.308. The molecule has 0 aliphatic rings. The zero-order chi connectivity index (χ0) is 12.1. The van der Waals surface area contributed by atoms with Crippen molar-refractivity contribution >= 4 is 16.8 Å². The first-order valence-electron chi connectivity index (χ1n) is 5.77. The lowest BCUT2D eigenvalue weighted by atomic mass is 10.1. The van der Waals surface area contributed by atoms with Gasteiger partial charge in [0.25, 0.3) is 0 Å². The molecular formula is C13H17N3O. The molecule has 1 aromatic carbocycles. The van der Waals surface area contributed by atoms with Crippen LogP contribution in [0.2, 0.25) is 0 Å². The Hall–Kier alpha value is -1.81. The number of benzene rings is 1. The lowest BCUT2D eigenvalue weighted by molar-refractivity contribution is -0.118. The summed E-state index contributed by atoms with van der Waals surface area (Å²) in [6, 6.07) is 8.31. The standard InChI is InChI=1S/C13H17N3O/c1-10(17)15-8-7-14-9-11-3-2-4-13-12(11)5-6-16-13/h2-6,14,16H,7-9H2,1H3,(H,15,17). The second kappa shape index (κ2) is 5.50. The van der Waals surface area contributed by atoms with Gasteiger partial charge in [0.2, 0.25) is 5.91 Å². The van der Waals surface area contributed by atoms with E-state index in [1.807, 2.05) is 12.3 Å². The molecule has 0 aliphatic heterocycles. The van der Waals surface area contributed by atoms with Crippen LogP contribution in [0.5, 0.6) is 0 Å². The minimum Gasteiger partial charge on any atom is -0.361 e. The van der Waals surface area contributed by atoms with Crippen molar-refractivity contribution in [3.05, 3.63) is 36.0 Å². The number of nitrogens with one attached hydrogen (secondary N) is 3. The smallest absolute Gasteiger partial charge is 0.216 e. The van der Waals surface area contributed by atoms with E-state index in [0.29, 0.717) is 6.54 Å². The molecule has 0 atom stereocenters. The number of H-pyrrole nitrogens is 1. The molecule has 0 saturated heterocycles. The summed E-state index contributed by atoms with van der Waals surface area (Å²) >= 11 is 0. The molecule has 1 amide bonds. The molecule has 0 fully saturated rings. The van der Waals surface area contributed by atoms with Gasteiger partial charge in [0, 0.05) is 43.7 Å². The van der Waals surface area contributed by atoms with Crippen LogP contribution in [0.1, 0.15) is 12.5 Å². The number of rotatable bonds is 5.